The van der Waals surface area contributed by atoms with E-state index in [0.717, 1.165) is 54.0 Å². The first-order chi connectivity index (χ1) is 17.3. The molecule has 0 spiro atoms. The summed E-state index contributed by atoms with van der Waals surface area (Å²) in [5.41, 5.74) is 2.35. The van der Waals surface area contributed by atoms with Crippen molar-refractivity contribution in [3.05, 3.63) is 74.7 Å². The summed E-state index contributed by atoms with van der Waals surface area (Å²) < 4.78 is 1.93. The molecule has 2 aromatic carbocycles. The van der Waals surface area contributed by atoms with E-state index in [2.05, 4.69) is 6.92 Å². The van der Waals surface area contributed by atoms with Crippen LogP contribution in [0, 0.1) is 0 Å². The van der Waals surface area contributed by atoms with Crippen molar-refractivity contribution in [1.29, 1.82) is 0 Å². The molecule has 0 unspecified atom stereocenters. The van der Waals surface area contributed by atoms with Gasteiger partial charge >= 0.3 is 0 Å². The minimum absolute atomic E-state index is 0.0717. The lowest BCUT2D eigenvalue weighted by Gasteiger charge is -2.33. The maximum Gasteiger partial charge on any atom is 0.293 e. The zero-order valence-corrected chi connectivity index (χ0v) is 22.1. The zero-order chi connectivity index (χ0) is 25.4. The van der Waals surface area contributed by atoms with Crippen molar-refractivity contribution in [1.82, 2.24) is 14.4 Å². The number of amides is 3. The summed E-state index contributed by atoms with van der Waals surface area (Å²) in [6.07, 6.45) is 6.84. The Labute approximate surface area is 223 Å². The molecule has 0 aliphatic carbocycles. The molecule has 0 radical (unpaired) electrons. The molecule has 3 amide bonds. The van der Waals surface area contributed by atoms with E-state index in [1.165, 1.54) is 4.90 Å². The van der Waals surface area contributed by atoms with Gasteiger partial charge < -0.3 is 9.47 Å². The largest absolute Gasteiger partial charge is 0.338 e. The van der Waals surface area contributed by atoms with Crippen molar-refractivity contribution in [3.63, 3.8) is 0 Å². The van der Waals surface area contributed by atoms with Gasteiger partial charge in [-0.3, -0.25) is 19.3 Å². The Balaban J connectivity index is 1.41. The van der Waals surface area contributed by atoms with Crippen molar-refractivity contribution in [3.8, 4) is 0 Å². The highest BCUT2D eigenvalue weighted by Crippen LogP contribution is 2.36. The average molecular weight is 542 g/mol. The fourth-order valence-electron chi connectivity index (χ4n) is 4.82. The minimum atomic E-state index is -0.369. The Morgan fingerprint density at radius 2 is 1.94 bits per heavy atom. The van der Waals surface area contributed by atoms with Gasteiger partial charge in [-0.2, -0.15) is 0 Å². The number of hydrogen-bond acceptors (Lipinski definition) is 4. The van der Waals surface area contributed by atoms with Crippen molar-refractivity contribution < 1.29 is 14.4 Å². The van der Waals surface area contributed by atoms with Crippen LogP contribution in [0.1, 0.15) is 37.3 Å². The SMILES string of the molecule is C[C@@H]1CCCCN1C(=O)Cn1cc(/C=C2\SC(=O)N(Cc3ccc(Cl)cc3Cl)C2=O)c2ccccc21. The Morgan fingerprint density at radius 3 is 2.72 bits per heavy atom. The fourth-order valence-corrected chi connectivity index (χ4v) is 6.12. The van der Waals surface area contributed by atoms with Crippen LogP contribution in [-0.2, 0) is 22.7 Å². The Hall–Kier alpha value is -2.74. The molecular formula is C27H25Cl2N3O3S. The van der Waals surface area contributed by atoms with Crippen LogP contribution in [0.2, 0.25) is 10.0 Å². The van der Waals surface area contributed by atoms with Crippen LogP contribution in [0.5, 0.6) is 0 Å². The molecule has 3 aromatic rings. The second-order valence-electron chi connectivity index (χ2n) is 9.17. The number of aromatic nitrogens is 1. The number of likely N-dealkylation sites (tertiary alicyclic amines) is 1. The third-order valence-electron chi connectivity index (χ3n) is 6.75. The van der Waals surface area contributed by atoms with E-state index < -0.39 is 0 Å². The number of hydrogen-bond donors (Lipinski definition) is 0. The summed E-state index contributed by atoms with van der Waals surface area (Å²) >= 11 is 13.1. The van der Waals surface area contributed by atoms with Crippen LogP contribution < -0.4 is 0 Å². The third kappa shape index (κ3) is 4.92. The predicted octanol–water partition coefficient (Wildman–Crippen LogP) is 6.59. The topological polar surface area (TPSA) is 62.6 Å². The molecule has 186 valence electrons. The quantitative estimate of drug-likeness (QED) is 0.342. The predicted molar refractivity (Wildman–Crippen MR) is 145 cm³/mol. The molecule has 2 fully saturated rings. The number of rotatable bonds is 5. The fraction of sp³-hybridized carbons (Fsp3) is 0.296. The second kappa shape index (κ2) is 10.3. The van der Waals surface area contributed by atoms with Crippen LogP contribution in [0.4, 0.5) is 4.79 Å². The summed E-state index contributed by atoms with van der Waals surface area (Å²) in [4.78, 5) is 42.4. The van der Waals surface area contributed by atoms with Gasteiger partial charge in [-0.15, -0.1) is 0 Å². The van der Waals surface area contributed by atoms with Crippen LogP contribution >= 0.6 is 35.0 Å². The molecule has 1 aromatic heterocycles. The van der Waals surface area contributed by atoms with Crippen molar-refractivity contribution in [2.24, 2.45) is 0 Å². The lowest BCUT2D eigenvalue weighted by molar-refractivity contribution is -0.135. The second-order valence-corrected chi connectivity index (χ2v) is 11.0. The first kappa shape index (κ1) is 24.9. The highest BCUT2D eigenvalue weighted by molar-refractivity contribution is 8.18. The van der Waals surface area contributed by atoms with Crippen LogP contribution in [0.3, 0.4) is 0 Å². The first-order valence-corrected chi connectivity index (χ1v) is 13.5. The number of carbonyl (C=O) groups is 3. The molecule has 2 aliphatic rings. The number of carbonyl (C=O) groups excluding carboxylic acids is 3. The van der Waals surface area contributed by atoms with Gasteiger partial charge in [0.1, 0.15) is 6.54 Å². The van der Waals surface area contributed by atoms with E-state index in [1.54, 1.807) is 24.3 Å². The van der Waals surface area contributed by atoms with Crippen molar-refractivity contribution in [2.45, 2.75) is 45.3 Å². The molecule has 2 saturated heterocycles. The lowest BCUT2D eigenvalue weighted by atomic mass is 10.0. The van der Waals surface area contributed by atoms with E-state index in [0.29, 0.717) is 20.5 Å². The van der Waals surface area contributed by atoms with Gasteiger partial charge in [-0.1, -0.05) is 47.5 Å². The van der Waals surface area contributed by atoms with Crippen LogP contribution in [-0.4, -0.2) is 44.0 Å². The summed E-state index contributed by atoms with van der Waals surface area (Å²) in [5.74, 6) is -0.277. The first-order valence-electron chi connectivity index (χ1n) is 11.9. The molecule has 9 heteroatoms. The zero-order valence-electron chi connectivity index (χ0n) is 19.7. The molecule has 6 nitrogen and oxygen atoms in total. The van der Waals surface area contributed by atoms with E-state index in [9.17, 15) is 14.4 Å². The number of imide groups is 1. The highest BCUT2D eigenvalue weighted by atomic mass is 35.5. The molecular weight excluding hydrogens is 517 g/mol. The maximum absolute atomic E-state index is 13.1. The van der Waals surface area contributed by atoms with Crippen molar-refractivity contribution >= 4 is 69.0 Å². The van der Waals surface area contributed by atoms with Gasteiger partial charge in [0.25, 0.3) is 11.1 Å². The number of nitrogens with zero attached hydrogens (tertiary/aromatic N) is 3. The molecule has 5 rings (SSSR count). The van der Waals surface area contributed by atoms with Gasteiger partial charge in [0.2, 0.25) is 5.91 Å². The summed E-state index contributed by atoms with van der Waals surface area (Å²) in [6, 6.07) is 13.0. The van der Waals surface area contributed by atoms with Crippen LogP contribution in [0.15, 0.2) is 53.6 Å². The summed E-state index contributed by atoms with van der Waals surface area (Å²) in [6.45, 7) is 3.19. The van der Waals surface area contributed by atoms with Gasteiger partial charge in [0, 0.05) is 45.3 Å². The van der Waals surface area contributed by atoms with E-state index >= 15 is 0 Å². The van der Waals surface area contributed by atoms with E-state index in [-0.39, 0.29) is 36.2 Å². The molecule has 3 heterocycles. The molecule has 0 bridgehead atoms. The standard InChI is InChI=1S/C27H25Cl2N3O3S/c1-17-6-4-5-11-31(17)25(33)16-30-14-19(21-7-2-3-8-23(21)30)12-24-26(34)32(27(35)36-24)15-18-9-10-20(28)13-22(18)29/h2-3,7-10,12-14,17H,4-6,11,15-16H2,1H3/b24-12-/t17-/m1/s1. The average Bonchev–Trinajstić information content (AvgIpc) is 3.32. The van der Waals surface area contributed by atoms with Crippen molar-refractivity contribution in [2.75, 3.05) is 6.54 Å². The number of benzene rings is 2. The summed E-state index contributed by atoms with van der Waals surface area (Å²) in [7, 11) is 0. The number of piperidine rings is 1. The lowest BCUT2D eigenvalue weighted by Crippen LogP contribution is -2.43. The Kier molecular flexibility index (Phi) is 7.15. The third-order valence-corrected chi connectivity index (χ3v) is 8.25. The molecule has 1 atom stereocenters. The molecule has 0 N–H and O–H groups in total. The maximum atomic E-state index is 13.1. The number of thioether (sulfide) groups is 1. The van der Waals surface area contributed by atoms with E-state index in [4.69, 9.17) is 23.2 Å². The molecule has 2 aliphatic heterocycles. The van der Waals surface area contributed by atoms with Gasteiger partial charge in [0.05, 0.1) is 11.4 Å². The molecule has 36 heavy (non-hydrogen) atoms. The van der Waals surface area contributed by atoms with Crippen LogP contribution in [0.25, 0.3) is 17.0 Å². The Morgan fingerprint density at radius 1 is 1.14 bits per heavy atom. The normalized spacial score (nSPS) is 19.6. The highest BCUT2D eigenvalue weighted by Gasteiger charge is 2.35. The van der Waals surface area contributed by atoms with E-state index in [1.807, 2.05) is 39.9 Å². The number of para-hydroxylation sites is 1. The van der Waals surface area contributed by atoms with Gasteiger partial charge in [0.15, 0.2) is 0 Å². The number of fused-ring (bicyclic) bond motifs is 1. The van der Waals surface area contributed by atoms with Gasteiger partial charge in [-0.25, -0.2) is 0 Å². The summed E-state index contributed by atoms with van der Waals surface area (Å²) in [5, 5.41) is 1.46. The molecule has 0 saturated carbocycles. The smallest absolute Gasteiger partial charge is 0.293 e. The monoisotopic (exact) mass is 541 g/mol. The number of halogens is 2. The minimum Gasteiger partial charge on any atom is -0.338 e. The Bertz CT molecular complexity index is 1400. The van der Waals surface area contributed by atoms with Gasteiger partial charge in [-0.05, 0) is 67.8 Å².